The summed E-state index contributed by atoms with van der Waals surface area (Å²) in [6.45, 7) is 6.17. The van der Waals surface area contributed by atoms with Gasteiger partial charge in [-0.25, -0.2) is 4.79 Å². The van der Waals surface area contributed by atoms with Gasteiger partial charge in [0.2, 0.25) is 0 Å². The third-order valence-electron chi connectivity index (χ3n) is 2.67. The molecule has 2 N–H and O–H groups in total. The fourth-order valence-corrected chi connectivity index (χ4v) is 1.76. The van der Waals surface area contributed by atoms with Crippen molar-refractivity contribution in [1.82, 2.24) is 10.6 Å². The summed E-state index contributed by atoms with van der Waals surface area (Å²) < 4.78 is 4.79. The van der Waals surface area contributed by atoms with Gasteiger partial charge in [0.25, 0.3) is 0 Å². The molecule has 0 spiro atoms. The molecule has 0 saturated carbocycles. The highest BCUT2D eigenvalue weighted by atomic mass is 16.5. The summed E-state index contributed by atoms with van der Waals surface area (Å²) >= 11 is 0. The summed E-state index contributed by atoms with van der Waals surface area (Å²) in [7, 11) is 0. The van der Waals surface area contributed by atoms with Gasteiger partial charge in [-0.3, -0.25) is 0 Å². The normalized spacial score (nSPS) is 27.0. The molecule has 0 aromatic carbocycles. The Balaban J connectivity index is 2.19. The third-order valence-corrected chi connectivity index (χ3v) is 2.67. The van der Waals surface area contributed by atoms with E-state index in [1.165, 1.54) is 12.8 Å². The van der Waals surface area contributed by atoms with E-state index in [-0.39, 0.29) is 6.09 Å². The molecule has 1 aliphatic rings. The largest absolute Gasteiger partial charge is 0.450 e. The minimum atomic E-state index is -0.313. The number of hydrogen-bond acceptors (Lipinski definition) is 3. The zero-order chi connectivity index (χ0) is 10.4. The Labute approximate surface area is 85.4 Å². The highest BCUT2D eigenvalue weighted by Gasteiger charge is 2.20. The lowest BCUT2D eigenvalue weighted by Gasteiger charge is -2.29. The minimum Gasteiger partial charge on any atom is -0.450 e. The SMILES string of the molecule is CCOC(=O)NCC1NCCCC1C. The number of nitrogens with one attached hydrogen (secondary N) is 2. The van der Waals surface area contributed by atoms with Crippen LogP contribution in [0.3, 0.4) is 0 Å². The van der Waals surface area contributed by atoms with Crippen LogP contribution < -0.4 is 10.6 Å². The van der Waals surface area contributed by atoms with Gasteiger partial charge in [0, 0.05) is 12.6 Å². The van der Waals surface area contributed by atoms with Crippen molar-refractivity contribution in [3.63, 3.8) is 0 Å². The molecule has 4 heteroatoms. The van der Waals surface area contributed by atoms with Crippen LogP contribution in [-0.2, 0) is 4.74 Å². The maximum absolute atomic E-state index is 11.0. The van der Waals surface area contributed by atoms with Crippen LogP contribution in [0.2, 0.25) is 0 Å². The highest BCUT2D eigenvalue weighted by molar-refractivity contribution is 5.67. The topological polar surface area (TPSA) is 50.4 Å². The summed E-state index contributed by atoms with van der Waals surface area (Å²) in [5, 5.41) is 6.16. The average molecular weight is 200 g/mol. The molecule has 14 heavy (non-hydrogen) atoms. The van der Waals surface area contributed by atoms with Crippen molar-refractivity contribution in [2.45, 2.75) is 32.7 Å². The molecular formula is C10H20N2O2. The van der Waals surface area contributed by atoms with Gasteiger partial charge in [-0.2, -0.15) is 0 Å². The van der Waals surface area contributed by atoms with Crippen molar-refractivity contribution < 1.29 is 9.53 Å². The number of piperidine rings is 1. The quantitative estimate of drug-likeness (QED) is 0.717. The monoisotopic (exact) mass is 200 g/mol. The van der Waals surface area contributed by atoms with Crippen molar-refractivity contribution in [2.75, 3.05) is 19.7 Å². The Morgan fingerprint density at radius 3 is 3.07 bits per heavy atom. The number of rotatable bonds is 3. The van der Waals surface area contributed by atoms with Gasteiger partial charge in [0.15, 0.2) is 0 Å². The van der Waals surface area contributed by atoms with Gasteiger partial charge in [-0.05, 0) is 32.2 Å². The van der Waals surface area contributed by atoms with Crippen molar-refractivity contribution in [1.29, 1.82) is 0 Å². The Hall–Kier alpha value is -0.770. The van der Waals surface area contributed by atoms with Crippen LogP contribution in [0.5, 0.6) is 0 Å². The van der Waals surface area contributed by atoms with E-state index in [0.717, 1.165) is 6.54 Å². The lowest BCUT2D eigenvalue weighted by molar-refractivity contribution is 0.149. The van der Waals surface area contributed by atoms with Gasteiger partial charge in [-0.15, -0.1) is 0 Å². The maximum atomic E-state index is 11.0. The van der Waals surface area contributed by atoms with Crippen LogP contribution in [0.15, 0.2) is 0 Å². The molecule has 0 radical (unpaired) electrons. The van der Waals surface area contributed by atoms with E-state index in [0.29, 0.717) is 25.1 Å². The first-order valence-corrected chi connectivity index (χ1v) is 5.38. The van der Waals surface area contributed by atoms with Gasteiger partial charge in [0.05, 0.1) is 6.61 Å². The second-order valence-corrected chi connectivity index (χ2v) is 3.78. The van der Waals surface area contributed by atoms with Gasteiger partial charge >= 0.3 is 6.09 Å². The molecular weight excluding hydrogens is 180 g/mol. The first-order valence-electron chi connectivity index (χ1n) is 5.38. The molecule has 2 unspecified atom stereocenters. The van der Waals surface area contributed by atoms with Crippen molar-refractivity contribution in [3.05, 3.63) is 0 Å². The number of alkyl carbamates (subject to hydrolysis) is 1. The van der Waals surface area contributed by atoms with Crippen molar-refractivity contribution in [3.8, 4) is 0 Å². The van der Waals surface area contributed by atoms with Crippen molar-refractivity contribution >= 4 is 6.09 Å². The molecule has 1 amide bonds. The predicted octanol–water partition coefficient (Wildman–Crippen LogP) is 1.12. The molecule has 2 atom stereocenters. The van der Waals surface area contributed by atoms with Crippen LogP contribution in [0.25, 0.3) is 0 Å². The van der Waals surface area contributed by atoms with Gasteiger partial charge in [0.1, 0.15) is 0 Å². The van der Waals surface area contributed by atoms with Crippen LogP contribution in [-0.4, -0.2) is 31.8 Å². The molecule has 1 heterocycles. The molecule has 0 aliphatic carbocycles. The molecule has 1 fully saturated rings. The van der Waals surface area contributed by atoms with E-state index in [2.05, 4.69) is 17.6 Å². The number of amides is 1. The van der Waals surface area contributed by atoms with E-state index in [4.69, 9.17) is 4.74 Å². The fraction of sp³-hybridized carbons (Fsp3) is 0.900. The molecule has 82 valence electrons. The number of ether oxygens (including phenoxy) is 1. The second kappa shape index (κ2) is 5.86. The van der Waals surface area contributed by atoms with Crippen LogP contribution >= 0.6 is 0 Å². The van der Waals surface area contributed by atoms with Crippen LogP contribution in [0.1, 0.15) is 26.7 Å². The second-order valence-electron chi connectivity index (χ2n) is 3.78. The lowest BCUT2D eigenvalue weighted by atomic mass is 9.93. The molecule has 1 rings (SSSR count). The van der Waals surface area contributed by atoms with E-state index in [1.807, 2.05) is 0 Å². The molecule has 0 aromatic rings. The Bertz CT molecular complexity index is 185. The Morgan fingerprint density at radius 2 is 2.43 bits per heavy atom. The lowest BCUT2D eigenvalue weighted by Crippen LogP contribution is -2.47. The minimum absolute atomic E-state index is 0.313. The summed E-state index contributed by atoms with van der Waals surface area (Å²) in [5.74, 6) is 0.630. The number of carbonyl (C=O) groups is 1. The standard InChI is InChI=1S/C10H20N2O2/c1-3-14-10(13)12-7-9-8(2)5-4-6-11-9/h8-9,11H,3-7H2,1-2H3,(H,12,13). The molecule has 0 bridgehead atoms. The fourth-order valence-electron chi connectivity index (χ4n) is 1.76. The summed E-state index contributed by atoms with van der Waals surface area (Å²) in [6.07, 6.45) is 2.16. The number of hydrogen-bond donors (Lipinski definition) is 2. The van der Waals surface area contributed by atoms with E-state index in [1.54, 1.807) is 6.92 Å². The molecule has 1 aliphatic heterocycles. The molecule has 4 nitrogen and oxygen atoms in total. The first-order chi connectivity index (χ1) is 6.74. The van der Waals surface area contributed by atoms with Gasteiger partial charge in [-0.1, -0.05) is 6.92 Å². The molecule has 0 aromatic heterocycles. The zero-order valence-electron chi connectivity index (χ0n) is 9.01. The van der Waals surface area contributed by atoms with E-state index < -0.39 is 0 Å². The average Bonchev–Trinajstić information content (AvgIpc) is 2.17. The zero-order valence-corrected chi connectivity index (χ0v) is 9.01. The van der Waals surface area contributed by atoms with Gasteiger partial charge < -0.3 is 15.4 Å². The Morgan fingerprint density at radius 1 is 1.64 bits per heavy atom. The molecule has 1 saturated heterocycles. The van der Waals surface area contributed by atoms with Crippen LogP contribution in [0, 0.1) is 5.92 Å². The van der Waals surface area contributed by atoms with Crippen molar-refractivity contribution in [2.24, 2.45) is 5.92 Å². The summed E-state index contributed by atoms with van der Waals surface area (Å²) in [6, 6.07) is 0.396. The first kappa shape index (κ1) is 11.3. The smallest absolute Gasteiger partial charge is 0.407 e. The summed E-state index contributed by atoms with van der Waals surface area (Å²) in [4.78, 5) is 11.0. The maximum Gasteiger partial charge on any atom is 0.407 e. The summed E-state index contributed by atoms with van der Waals surface area (Å²) in [5.41, 5.74) is 0. The highest BCUT2D eigenvalue weighted by Crippen LogP contribution is 2.14. The van der Waals surface area contributed by atoms with E-state index >= 15 is 0 Å². The number of carbonyl (C=O) groups excluding carboxylic acids is 1. The Kier molecular flexibility index (Phi) is 4.73. The predicted molar refractivity (Wildman–Crippen MR) is 55.2 cm³/mol. The van der Waals surface area contributed by atoms with Crippen LogP contribution in [0.4, 0.5) is 4.79 Å². The third kappa shape index (κ3) is 3.54. The van der Waals surface area contributed by atoms with E-state index in [9.17, 15) is 4.79 Å².